The van der Waals surface area contributed by atoms with Crippen LogP contribution in [0.25, 0.3) is 10.8 Å². The average molecular weight is 285 g/mol. The van der Waals surface area contributed by atoms with Crippen LogP contribution in [0.15, 0.2) is 36.4 Å². The van der Waals surface area contributed by atoms with Crippen molar-refractivity contribution in [2.45, 2.75) is 45.1 Å². The molecule has 1 atom stereocenters. The van der Waals surface area contributed by atoms with Gasteiger partial charge in [0.1, 0.15) is 5.82 Å². The molecule has 1 nitrogen and oxygen atoms in total. The maximum atomic E-state index is 14.1. The van der Waals surface area contributed by atoms with E-state index in [4.69, 9.17) is 0 Å². The SMILES string of the molecule is CCC1(C(NC)c2ccc(F)c3ccccc23)CCCC1. The second-order valence-electron chi connectivity index (χ2n) is 6.33. The molecule has 0 spiro atoms. The van der Waals surface area contributed by atoms with Crippen molar-refractivity contribution in [2.24, 2.45) is 5.41 Å². The Hall–Kier alpha value is -1.41. The molecule has 0 bridgehead atoms. The summed E-state index contributed by atoms with van der Waals surface area (Å²) in [6.07, 6.45) is 6.32. The van der Waals surface area contributed by atoms with Crippen LogP contribution in [0, 0.1) is 11.2 Å². The van der Waals surface area contributed by atoms with Crippen LogP contribution in [0.1, 0.15) is 50.6 Å². The molecule has 3 rings (SSSR count). The lowest BCUT2D eigenvalue weighted by Gasteiger charge is -2.38. The zero-order valence-electron chi connectivity index (χ0n) is 13.0. The van der Waals surface area contributed by atoms with E-state index in [1.54, 1.807) is 6.07 Å². The van der Waals surface area contributed by atoms with Gasteiger partial charge in [-0.25, -0.2) is 4.39 Å². The fourth-order valence-corrected chi connectivity index (χ4v) is 4.25. The molecule has 1 aliphatic carbocycles. The molecule has 2 aromatic carbocycles. The predicted molar refractivity (Wildman–Crippen MR) is 86.9 cm³/mol. The van der Waals surface area contributed by atoms with Crippen molar-refractivity contribution in [1.82, 2.24) is 5.32 Å². The first kappa shape index (κ1) is 14.5. The molecule has 0 aromatic heterocycles. The van der Waals surface area contributed by atoms with Crippen molar-refractivity contribution in [3.05, 3.63) is 47.8 Å². The Bertz CT molecular complexity index is 628. The molecule has 1 unspecified atom stereocenters. The summed E-state index contributed by atoms with van der Waals surface area (Å²) in [5.41, 5.74) is 1.56. The van der Waals surface area contributed by atoms with Gasteiger partial charge in [0.25, 0.3) is 0 Å². The van der Waals surface area contributed by atoms with Crippen LogP contribution in [0.4, 0.5) is 4.39 Å². The van der Waals surface area contributed by atoms with Gasteiger partial charge in [-0.3, -0.25) is 0 Å². The molecule has 0 amide bonds. The smallest absolute Gasteiger partial charge is 0.131 e. The van der Waals surface area contributed by atoms with E-state index in [1.807, 2.05) is 31.3 Å². The van der Waals surface area contributed by atoms with E-state index in [2.05, 4.69) is 18.3 Å². The van der Waals surface area contributed by atoms with Gasteiger partial charge in [-0.05, 0) is 48.7 Å². The van der Waals surface area contributed by atoms with Gasteiger partial charge in [0.05, 0.1) is 0 Å². The normalized spacial score (nSPS) is 19.0. The van der Waals surface area contributed by atoms with Crippen LogP contribution in [0.2, 0.25) is 0 Å². The Balaban J connectivity index is 2.15. The maximum Gasteiger partial charge on any atom is 0.131 e. The zero-order chi connectivity index (χ0) is 14.9. The van der Waals surface area contributed by atoms with E-state index in [1.165, 1.54) is 37.7 Å². The summed E-state index contributed by atoms with van der Waals surface area (Å²) in [7, 11) is 2.04. The molecule has 0 aliphatic heterocycles. The van der Waals surface area contributed by atoms with Gasteiger partial charge in [0.15, 0.2) is 0 Å². The lowest BCUT2D eigenvalue weighted by atomic mass is 9.72. The molecular weight excluding hydrogens is 261 g/mol. The minimum atomic E-state index is -0.124. The Labute approximate surface area is 126 Å². The van der Waals surface area contributed by atoms with Gasteiger partial charge in [0.2, 0.25) is 0 Å². The molecule has 0 radical (unpaired) electrons. The fraction of sp³-hybridized carbons (Fsp3) is 0.474. The first-order chi connectivity index (χ1) is 10.2. The Morgan fingerprint density at radius 3 is 2.38 bits per heavy atom. The number of benzene rings is 2. The molecule has 1 fully saturated rings. The van der Waals surface area contributed by atoms with Gasteiger partial charge >= 0.3 is 0 Å². The van der Waals surface area contributed by atoms with E-state index in [9.17, 15) is 4.39 Å². The highest BCUT2D eigenvalue weighted by Crippen LogP contribution is 2.50. The van der Waals surface area contributed by atoms with Crippen LogP contribution in [0.3, 0.4) is 0 Å². The predicted octanol–water partition coefficient (Wildman–Crippen LogP) is 5.21. The molecular formula is C19H24FN. The molecule has 1 aliphatic rings. The average Bonchev–Trinajstić information content (AvgIpc) is 3.00. The summed E-state index contributed by atoms with van der Waals surface area (Å²) in [5, 5.41) is 5.33. The summed E-state index contributed by atoms with van der Waals surface area (Å²) in [6, 6.07) is 11.8. The van der Waals surface area contributed by atoms with Crippen LogP contribution in [-0.4, -0.2) is 7.05 Å². The number of rotatable bonds is 4. The van der Waals surface area contributed by atoms with Gasteiger partial charge in [0, 0.05) is 11.4 Å². The van der Waals surface area contributed by atoms with Crippen molar-refractivity contribution >= 4 is 10.8 Å². The van der Waals surface area contributed by atoms with Gasteiger partial charge in [-0.2, -0.15) is 0 Å². The zero-order valence-corrected chi connectivity index (χ0v) is 13.0. The van der Waals surface area contributed by atoms with E-state index in [-0.39, 0.29) is 5.82 Å². The number of nitrogens with one attached hydrogen (secondary N) is 1. The molecule has 1 saturated carbocycles. The minimum absolute atomic E-state index is 0.124. The van der Waals surface area contributed by atoms with Crippen molar-refractivity contribution < 1.29 is 4.39 Å². The first-order valence-corrected chi connectivity index (χ1v) is 8.06. The first-order valence-electron chi connectivity index (χ1n) is 8.06. The monoisotopic (exact) mass is 285 g/mol. The highest BCUT2D eigenvalue weighted by Gasteiger charge is 2.40. The highest BCUT2D eigenvalue weighted by atomic mass is 19.1. The Kier molecular flexibility index (Phi) is 3.99. The third-order valence-electron chi connectivity index (χ3n) is 5.42. The summed E-state index contributed by atoms with van der Waals surface area (Å²) >= 11 is 0. The molecule has 112 valence electrons. The topological polar surface area (TPSA) is 12.0 Å². The largest absolute Gasteiger partial charge is 0.313 e. The number of fused-ring (bicyclic) bond motifs is 1. The Morgan fingerprint density at radius 1 is 1.10 bits per heavy atom. The van der Waals surface area contributed by atoms with Gasteiger partial charge in [-0.1, -0.05) is 50.1 Å². The summed E-state index contributed by atoms with van der Waals surface area (Å²) in [6.45, 7) is 2.29. The van der Waals surface area contributed by atoms with E-state index in [0.29, 0.717) is 11.5 Å². The molecule has 0 saturated heterocycles. The highest BCUT2D eigenvalue weighted by molar-refractivity contribution is 5.86. The van der Waals surface area contributed by atoms with E-state index >= 15 is 0 Å². The minimum Gasteiger partial charge on any atom is -0.313 e. The second-order valence-corrected chi connectivity index (χ2v) is 6.33. The van der Waals surface area contributed by atoms with Gasteiger partial charge in [-0.15, -0.1) is 0 Å². The van der Waals surface area contributed by atoms with Crippen LogP contribution >= 0.6 is 0 Å². The summed E-state index contributed by atoms with van der Waals surface area (Å²) < 4.78 is 14.1. The second kappa shape index (κ2) is 5.76. The van der Waals surface area contributed by atoms with Crippen LogP contribution in [-0.2, 0) is 0 Å². The molecule has 21 heavy (non-hydrogen) atoms. The summed E-state index contributed by atoms with van der Waals surface area (Å²) in [4.78, 5) is 0. The van der Waals surface area contributed by atoms with Crippen molar-refractivity contribution in [2.75, 3.05) is 7.05 Å². The summed E-state index contributed by atoms with van der Waals surface area (Å²) in [5.74, 6) is -0.124. The van der Waals surface area contributed by atoms with Gasteiger partial charge < -0.3 is 5.32 Å². The molecule has 2 heteroatoms. The van der Waals surface area contributed by atoms with E-state index in [0.717, 1.165) is 10.8 Å². The molecule has 1 N–H and O–H groups in total. The van der Waals surface area contributed by atoms with Crippen LogP contribution < -0.4 is 5.32 Å². The lowest BCUT2D eigenvalue weighted by molar-refractivity contribution is 0.196. The van der Waals surface area contributed by atoms with Crippen LogP contribution in [0.5, 0.6) is 0 Å². The third-order valence-corrected chi connectivity index (χ3v) is 5.42. The quantitative estimate of drug-likeness (QED) is 0.813. The standard InChI is InChI=1S/C19H24FN/c1-3-19(12-6-7-13-19)18(21-2)16-10-11-17(20)15-9-5-4-8-14(15)16/h4-5,8-11,18,21H,3,6-7,12-13H2,1-2H3. The fourth-order valence-electron chi connectivity index (χ4n) is 4.25. The van der Waals surface area contributed by atoms with Crippen molar-refractivity contribution in [1.29, 1.82) is 0 Å². The maximum absolute atomic E-state index is 14.1. The number of hydrogen-bond acceptors (Lipinski definition) is 1. The lowest BCUT2D eigenvalue weighted by Crippen LogP contribution is -2.34. The molecule has 0 heterocycles. The third kappa shape index (κ3) is 2.36. The molecule has 2 aromatic rings. The van der Waals surface area contributed by atoms with Crippen molar-refractivity contribution in [3.8, 4) is 0 Å². The van der Waals surface area contributed by atoms with E-state index < -0.39 is 0 Å². The number of halogens is 1. The number of hydrogen-bond donors (Lipinski definition) is 1. The van der Waals surface area contributed by atoms with Crippen molar-refractivity contribution in [3.63, 3.8) is 0 Å². The Morgan fingerprint density at radius 2 is 1.76 bits per heavy atom.